The van der Waals surface area contributed by atoms with Gasteiger partial charge < -0.3 is 14.2 Å². The van der Waals surface area contributed by atoms with E-state index in [1.807, 2.05) is 6.92 Å². The fraction of sp³-hybridized carbons (Fsp3) is 0.500. The first-order valence-corrected chi connectivity index (χ1v) is 6.17. The molecule has 2 rings (SSSR count). The van der Waals surface area contributed by atoms with Gasteiger partial charge in [-0.3, -0.25) is 0 Å². The van der Waals surface area contributed by atoms with Crippen molar-refractivity contribution in [3.63, 3.8) is 0 Å². The van der Waals surface area contributed by atoms with Gasteiger partial charge in [0.1, 0.15) is 17.7 Å². The molecule has 0 bridgehead atoms. The summed E-state index contributed by atoms with van der Waals surface area (Å²) < 4.78 is 29.9. The molecule has 1 saturated heterocycles. The summed E-state index contributed by atoms with van der Waals surface area (Å²) in [4.78, 5) is 0. The molecule has 0 aromatic heterocycles. The molecule has 94 valence electrons. The van der Waals surface area contributed by atoms with Crippen LogP contribution < -0.4 is 4.74 Å². The number of benzene rings is 1. The molecular weight excluding hydrogens is 291 g/mol. The number of rotatable bonds is 5. The van der Waals surface area contributed by atoms with Gasteiger partial charge in [-0.2, -0.15) is 0 Å². The molecule has 5 heteroatoms. The summed E-state index contributed by atoms with van der Waals surface area (Å²) in [5.41, 5.74) is 0.738. The van der Waals surface area contributed by atoms with Crippen LogP contribution >= 0.6 is 15.9 Å². The highest BCUT2D eigenvalue weighted by Gasteiger charge is 2.24. The van der Waals surface area contributed by atoms with Crippen molar-refractivity contribution in [1.29, 1.82) is 0 Å². The van der Waals surface area contributed by atoms with Crippen LogP contribution in [-0.4, -0.2) is 26.4 Å². The Hall–Kier alpha value is -0.650. The Kier molecular flexibility index (Phi) is 4.01. The maximum Gasteiger partial charge on any atom is 0.136 e. The Balaban J connectivity index is 2.14. The van der Waals surface area contributed by atoms with E-state index >= 15 is 0 Å². The van der Waals surface area contributed by atoms with E-state index in [1.165, 1.54) is 19.2 Å². The zero-order valence-electron chi connectivity index (χ0n) is 9.70. The highest BCUT2D eigenvalue weighted by molar-refractivity contribution is 9.10. The van der Waals surface area contributed by atoms with Crippen molar-refractivity contribution < 1.29 is 18.6 Å². The summed E-state index contributed by atoms with van der Waals surface area (Å²) in [6.07, 6.45) is -0.00939. The summed E-state index contributed by atoms with van der Waals surface area (Å²) in [5, 5.41) is 0. The van der Waals surface area contributed by atoms with Crippen LogP contribution in [0.3, 0.4) is 0 Å². The molecule has 1 unspecified atom stereocenters. The summed E-state index contributed by atoms with van der Waals surface area (Å²) in [6, 6.07) is 2.79. The van der Waals surface area contributed by atoms with E-state index in [-0.39, 0.29) is 18.0 Å². The highest BCUT2D eigenvalue weighted by Crippen LogP contribution is 2.35. The lowest BCUT2D eigenvalue weighted by Crippen LogP contribution is -2.07. The summed E-state index contributed by atoms with van der Waals surface area (Å²) >= 11 is 3.40. The predicted octanol–water partition coefficient (Wildman–Crippen LogP) is 3.07. The Morgan fingerprint density at radius 3 is 2.88 bits per heavy atom. The summed E-state index contributed by atoms with van der Waals surface area (Å²) in [7, 11) is 1.51. The standard InChI is InChI=1S/C12H14BrFO3/c1-7(16-5-9-6-17-9)10-3-8(14)4-11(15-2)12(10)13/h3-4,7,9H,5-6H2,1-2H3/t7-,9?/m1/s1. The van der Waals surface area contributed by atoms with Gasteiger partial charge in [-0.05, 0) is 28.9 Å². The summed E-state index contributed by atoms with van der Waals surface area (Å²) in [5.74, 6) is 0.135. The van der Waals surface area contributed by atoms with Crippen LogP contribution in [0.5, 0.6) is 5.75 Å². The average Bonchev–Trinajstić information content (AvgIpc) is 3.12. The topological polar surface area (TPSA) is 31.0 Å². The smallest absolute Gasteiger partial charge is 0.136 e. The molecule has 1 aromatic carbocycles. The van der Waals surface area contributed by atoms with Crippen molar-refractivity contribution >= 4 is 15.9 Å². The van der Waals surface area contributed by atoms with E-state index in [0.29, 0.717) is 12.4 Å². The quantitative estimate of drug-likeness (QED) is 0.783. The van der Waals surface area contributed by atoms with Crippen molar-refractivity contribution in [2.75, 3.05) is 20.3 Å². The molecule has 1 aromatic rings. The maximum absolute atomic E-state index is 13.4. The fourth-order valence-corrected chi connectivity index (χ4v) is 2.25. The van der Waals surface area contributed by atoms with Crippen molar-refractivity contribution in [3.05, 3.63) is 28.0 Å². The van der Waals surface area contributed by atoms with Gasteiger partial charge in [-0.15, -0.1) is 0 Å². The lowest BCUT2D eigenvalue weighted by Gasteiger charge is -2.16. The van der Waals surface area contributed by atoms with E-state index in [9.17, 15) is 4.39 Å². The van der Waals surface area contributed by atoms with E-state index in [1.54, 1.807) is 0 Å². The minimum absolute atomic E-state index is 0.201. The van der Waals surface area contributed by atoms with Gasteiger partial charge in [-0.1, -0.05) is 0 Å². The van der Waals surface area contributed by atoms with Gasteiger partial charge in [0.25, 0.3) is 0 Å². The number of epoxide rings is 1. The van der Waals surface area contributed by atoms with E-state index in [2.05, 4.69) is 15.9 Å². The second-order valence-electron chi connectivity index (χ2n) is 3.94. The Bertz CT molecular complexity index is 407. The minimum atomic E-state index is -0.335. The first-order chi connectivity index (χ1) is 8.11. The highest BCUT2D eigenvalue weighted by atomic mass is 79.9. The van der Waals surface area contributed by atoms with Gasteiger partial charge in [0.05, 0.1) is 30.9 Å². The van der Waals surface area contributed by atoms with E-state index in [0.717, 1.165) is 16.6 Å². The van der Waals surface area contributed by atoms with Gasteiger partial charge >= 0.3 is 0 Å². The van der Waals surface area contributed by atoms with Gasteiger partial charge in [0, 0.05) is 11.6 Å². The predicted molar refractivity (Wildman–Crippen MR) is 64.8 cm³/mol. The molecule has 1 aliphatic rings. The third kappa shape index (κ3) is 3.18. The van der Waals surface area contributed by atoms with Crippen molar-refractivity contribution in [2.24, 2.45) is 0 Å². The van der Waals surface area contributed by atoms with Gasteiger partial charge in [0.2, 0.25) is 0 Å². The number of ether oxygens (including phenoxy) is 3. The minimum Gasteiger partial charge on any atom is -0.495 e. The lowest BCUT2D eigenvalue weighted by atomic mass is 10.1. The number of halogens is 2. The summed E-state index contributed by atoms with van der Waals surface area (Å²) in [6.45, 7) is 3.16. The zero-order valence-corrected chi connectivity index (χ0v) is 11.3. The molecular formula is C12H14BrFO3. The molecule has 0 spiro atoms. The maximum atomic E-state index is 13.4. The molecule has 2 atom stereocenters. The normalized spacial score (nSPS) is 20.1. The van der Waals surface area contributed by atoms with Crippen LogP contribution in [0.15, 0.2) is 16.6 Å². The second kappa shape index (κ2) is 5.33. The first kappa shape index (κ1) is 12.8. The van der Waals surface area contributed by atoms with Crippen LogP contribution in [-0.2, 0) is 9.47 Å². The number of hydrogen-bond donors (Lipinski definition) is 0. The SMILES string of the molecule is COc1cc(F)cc([C@@H](C)OCC2CO2)c1Br. The van der Waals surface area contributed by atoms with Crippen molar-refractivity contribution in [3.8, 4) is 5.75 Å². The molecule has 0 radical (unpaired) electrons. The monoisotopic (exact) mass is 304 g/mol. The van der Waals surface area contributed by atoms with Gasteiger partial charge in [0.15, 0.2) is 0 Å². The molecule has 17 heavy (non-hydrogen) atoms. The van der Waals surface area contributed by atoms with E-state index < -0.39 is 0 Å². The lowest BCUT2D eigenvalue weighted by molar-refractivity contribution is 0.0532. The second-order valence-corrected chi connectivity index (χ2v) is 4.74. The van der Waals surface area contributed by atoms with Crippen molar-refractivity contribution in [1.82, 2.24) is 0 Å². The number of methoxy groups -OCH3 is 1. The molecule has 0 aliphatic carbocycles. The Morgan fingerprint density at radius 2 is 2.29 bits per heavy atom. The average molecular weight is 305 g/mol. The first-order valence-electron chi connectivity index (χ1n) is 5.38. The van der Waals surface area contributed by atoms with E-state index in [4.69, 9.17) is 14.2 Å². The molecule has 0 N–H and O–H groups in total. The Labute approximate surface area is 108 Å². The number of hydrogen-bond acceptors (Lipinski definition) is 3. The molecule has 0 amide bonds. The van der Waals surface area contributed by atoms with Crippen LogP contribution in [0.4, 0.5) is 4.39 Å². The van der Waals surface area contributed by atoms with Crippen LogP contribution in [0, 0.1) is 5.82 Å². The third-order valence-corrected chi connectivity index (χ3v) is 3.47. The Morgan fingerprint density at radius 1 is 1.59 bits per heavy atom. The fourth-order valence-electron chi connectivity index (χ4n) is 1.53. The van der Waals surface area contributed by atoms with Gasteiger partial charge in [-0.25, -0.2) is 4.39 Å². The van der Waals surface area contributed by atoms with Crippen LogP contribution in [0.1, 0.15) is 18.6 Å². The molecule has 1 fully saturated rings. The molecule has 0 saturated carbocycles. The van der Waals surface area contributed by atoms with Crippen LogP contribution in [0.25, 0.3) is 0 Å². The van der Waals surface area contributed by atoms with Crippen LogP contribution in [0.2, 0.25) is 0 Å². The molecule has 3 nitrogen and oxygen atoms in total. The molecule has 1 heterocycles. The molecule has 1 aliphatic heterocycles. The largest absolute Gasteiger partial charge is 0.495 e. The van der Waals surface area contributed by atoms with Crippen molar-refractivity contribution in [2.45, 2.75) is 19.1 Å². The third-order valence-electron chi connectivity index (χ3n) is 2.62. The zero-order chi connectivity index (χ0) is 12.4.